The predicted molar refractivity (Wildman–Crippen MR) is 80.1 cm³/mol. The van der Waals surface area contributed by atoms with Gasteiger partial charge in [-0.3, -0.25) is 4.79 Å². The zero-order valence-electron chi connectivity index (χ0n) is 12.7. The van der Waals surface area contributed by atoms with Gasteiger partial charge in [-0.25, -0.2) is 4.98 Å². The summed E-state index contributed by atoms with van der Waals surface area (Å²) in [6.07, 6.45) is 1.10. The van der Waals surface area contributed by atoms with E-state index < -0.39 is 6.10 Å². The number of anilines is 1. The number of hydrogen-bond donors (Lipinski definition) is 2. The number of rotatable bonds is 4. The van der Waals surface area contributed by atoms with E-state index in [1.165, 1.54) is 0 Å². The molecule has 1 fully saturated rings. The van der Waals surface area contributed by atoms with Gasteiger partial charge in [0.1, 0.15) is 11.9 Å². The molecule has 2 atom stereocenters. The largest absolute Gasteiger partial charge is 0.389 e. The Hall–Kier alpha value is -1.66. The van der Waals surface area contributed by atoms with Gasteiger partial charge in [-0.2, -0.15) is 0 Å². The number of morpholine rings is 1. The highest BCUT2D eigenvalue weighted by Crippen LogP contribution is 2.20. The third-order valence-corrected chi connectivity index (χ3v) is 3.41. The molecule has 2 unspecified atom stereocenters. The van der Waals surface area contributed by atoms with Gasteiger partial charge in [-0.1, -0.05) is 6.07 Å². The second-order valence-electron chi connectivity index (χ2n) is 5.57. The molecule has 2 heterocycles. The molecule has 1 aromatic heterocycles. The maximum atomic E-state index is 12.3. The first-order valence-corrected chi connectivity index (χ1v) is 7.28. The van der Waals surface area contributed by atoms with Crippen LogP contribution < -0.4 is 10.2 Å². The lowest BCUT2D eigenvalue weighted by Gasteiger charge is -2.35. The topological polar surface area (TPSA) is 74.7 Å². The van der Waals surface area contributed by atoms with Crippen LogP contribution in [0.5, 0.6) is 0 Å². The smallest absolute Gasteiger partial charge is 0.245 e. The Morgan fingerprint density at radius 1 is 1.48 bits per heavy atom. The molecule has 2 N–H and O–H groups in total. The number of carbonyl (C=O) groups is 1. The summed E-state index contributed by atoms with van der Waals surface area (Å²) in [6.45, 7) is 7.12. The van der Waals surface area contributed by atoms with Crippen molar-refractivity contribution in [3.05, 3.63) is 23.9 Å². The third-order valence-electron chi connectivity index (χ3n) is 3.41. The first-order chi connectivity index (χ1) is 9.99. The summed E-state index contributed by atoms with van der Waals surface area (Å²) in [5.74, 6) is 0.678. The molecule has 1 amide bonds. The van der Waals surface area contributed by atoms with Crippen molar-refractivity contribution in [1.82, 2.24) is 10.3 Å². The van der Waals surface area contributed by atoms with Gasteiger partial charge in [0, 0.05) is 18.8 Å². The van der Waals surface area contributed by atoms with Crippen LogP contribution in [0.1, 0.15) is 32.4 Å². The first kappa shape index (κ1) is 15.7. The molecule has 6 heteroatoms. The van der Waals surface area contributed by atoms with E-state index >= 15 is 0 Å². The van der Waals surface area contributed by atoms with Crippen molar-refractivity contribution in [2.75, 3.05) is 24.7 Å². The standard InChI is InChI=1S/C15H23N3O3/c1-10(2)17-15(20)13-9-21-7-6-18(13)14-5-4-12(8-16-14)11(3)19/h4-5,8,10-11,13,19H,6-7,9H2,1-3H3,(H,17,20). The number of ether oxygens (including phenoxy) is 1. The van der Waals surface area contributed by atoms with Gasteiger partial charge in [0.25, 0.3) is 0 Å². The highest BCUT2D eigenvalue weighted by molar-refractivity contribution is 5.85. The number of aromatic nitrogens is 1. The van der Waals surface area contributed by atoms with E-state index in [0.717, 1.165) is 11.4 Å². The minimum Gasteiger partial charge on any atom is -0.389 e. The van der Waals surface area contributed by atoms with Gasteiger partial charge >= 0.3 is 0 Å². The summed E-state index contributed by atoms with van der Waals surface area (Å²) in [5.41, 5.74) is 0.759. The lowest BCUT2D eigenvalue weighted by molar-refractivity contribution is -0.125. The van der Waals surface area contributed by atoms with Crippen molar-refractivity contribution in [2.24, 2.45) is 0 Å². The first-order valence-electron chi connectivity index (χ1n) is 7.28. The lowest BCUT2D eigenvalue weighted by atomic mass is 10.1. The van der Waals surface area contributed by atoms with Gasteiger partial charge < -0.3 is 20.1 Å². The molecule has 0 aliphatic carbocycles. The second-order valence-corrected chi connectivity index (χ2v) is 5.57. The van der Waals surface area contributed by atoms with Gasteiger partial charge in [0.2, 0.25) is 5.91 Å². The molecule has 1 aromatic rings. The number of hydrogen-bond acceptors (Lipinski definition) is 5. The summed E-state index contributed by atoms with van der Waals surface area (Å²) in [4.78, 5) is 18.6. The normalized spacial score (nSPS) is 20.4. The Kier molecular flexibility index (Phi) is 5.14. The Morgan fingerprint density at radius 2 is 2.24 bits per heavy atom. The molecule has 1 aliphatic heterocycles. The maximum absolute atomic E-state index is 12.3. The monoisotopic (exact) mass is 293 g/mol. The minimum absolute atomic E-state index is 0.0499. The van der Waals surface area contributed by atoms with Crippen LogP contribution >= 0.6 is 0 Å². The maximum Gasteiger partial charge on any atom is 0.245 e. The zero-order valence-corrected chi connectivity index (χ0v) is 12.7. The Balaban J connectivity index is 2.16. The molecule has 6 nitrogen and oxygen atoms in total. The van der Waals surface area contributed by atoms with Crippen LogP contribution in [0.3, 0.4) is 0 Å². The number of aliphatic hydroxyl groups is 1. The van der Waals surface area contributed by atoms with Gasteiger partial charge in [0.15, 0.2) is 0 Å². The van der Waals surface area contributed by atoms with Crippen molar-refractivity contribution in [1.29, 1.82) is 0 Å². The van der Waals surface area contributed by atoms with Crippen LogP contribution in [0.4, 0.5) is 5.82 Å². The molecule has 2 rings (SSSR count). The average Bonchev–Trinajstić information content (AvgIpc) is 2.46. The Labute approximate surface area is 125 Å². The van der Waals surface area contributed by atoms with E-state index in [1.54, 1.807) is 13.1 Å². The zero-order chi connectivity index (χ0) is 15.4. The fraction of sp³-hybridized carbons (Fsp3) is 0.600. The van der Waals surface area contributed by atoms with E-state index in [0.29, 0.717) is 19.8 Å². The molecular formula is C15H23N3O3. The Bertz CT molecular complexity index is 474. The van der Waals surface area contributed by atoms with Crippen molar-refractivity contribution >= 4 is 11.7 Å². The van der Waals surface area contributed by atoms with Crippen LogP contribution in [0.15, 0.2) is 18.3 Å². The number of nitrogens with one attached hydrogen (secondary N) is 1. The molecule has 21 heavy (non-hydrogen) atoms. The highest BCUT2D eigenvalue weighted by atomic mass is 16.5. The fourth-order valence-corrected chi connectivity index (χ4v) is 2.29. The summed E-state index contributed by atoms with van der Waals surface area (Å²) in [6, 6.07) is 3.39. The number of carbonyl (C=O) groups excluding carboxylic acids is 1. The number of aliphatic hydroxyl groups excluding tert-OH is 1. The van der Waals surface area contributed by atoms with Crippen LogP contribution in [-0.2, 0) is 9.53 Å². The number of pyridine rings is 1. The lowest BCUT2D eigenvalue weighted by Crippen LogP contribution is -2.55. The average molecular weight is 293 g/mol. The summed E-state index contributed by atoms with van der Waals surface area (Å²) >= 11 is 0. The molecule has 0 spiro atoms. The van der Waals surface area contributed by atoms with Gasteiger partial charge in [-0.15, -0.1) is 0 Å². The van der Waals surface area contributed by atoms with E-state index in [2.05, 4.69) is 10.3 Å². The van der Waals surface area contributed by atoms with Crippen LogP contribution in [0, 0.1) is 0 Å². The highest BCUT2D eigenvalue weighted by Gasteiger charge is 2.30. The Morgan fingerprint density at radius 3 is 2.81 bits per heavy atom. The van der Waals surface area contributed by atoms with Crippen molar-refractivity contribution in [3.8, 4) is 0 Å². The van der Waals surface area contributed by atoms with Gasteiger partial charge in [-0.05, 0) is 32.4 Å². The molecule has 0 bridgehead atoms. The van der Waals surface area contributed by atoms with E-state index in [1.807, 2.05) is 30.9 Å². The summed E-state index contributed by atoms with van der Waals surface area (Å²) in [7, 11) is 0. The molecule has 0 radical (unpaired) electrons. The molecule has 0 saturated carbocycles. The number of nitrogens with zero attached hydrogens (tertiary/aromatic N) is 2. The van der Waals surface area contributed by atoms with Crippen LogP contribution in [0.2, 0.25) is 0 Å². The SMILES string of the molecule is CC(C)NC(=O)C1COCCN1c1ccc(C(C)O)cn1. The van der Waals surface area contributed by atoms with Crippen molar-refractivity contribution < 1.29 is 14.6 Å². The summed E-state index contributed by atoms with van der Waals surface area (Å²) in [5, 5.41) is 12.4. The summed E-state index contributed by atoms with van der Waals surface area (Å²) < 4.78 is 5.43. The van der Waals surface area contributed by atoms with E-state index in [4.69, 9.17) is 4.74 Å². The predicted octanol–water partition coefficient (Wildman–Crippen LogP) is 0.865. The molecule has 116 valence electrons. The fourth-order valence-electron chi connectivity index (χ4n) is 2.29. The molecule has 0 aromatic carbocycles. The van der Waals surface area contributed by atoms with Crippen LogP contribution in [-0.4, -0.2) is 47.8 Å². The van der Waals surface area contributed by atoms with Crippen molar-refractivity contribution in [2.45, 2.75) is 39.0 Å². The molecule has 1 saturated heterocycles. The molecular weight excluding hydrogens is 270 g/mol. The third kappa shape index (κ3) is 3.92. The molecule has 1 aliphatic rings. The van der Waals surface area contributed by atoms with Gasteiger partial charge in [0.05, 0.1) is 19.3 Å². The van der Waals surface area contributed by atoms with Crippen LogP contribution in [0.25, 0.3) is 0 Å². The van der Waals surface area contributed by atoms with Crippen molar-refractivity contribution in [3.63, 3.8) is 0 Å². The number of amides is 1. The minimum atomic E-state index is -0.545. The quantitative estimate of drug-likeness (QED) is 0.861. The van der Waals surface area contributed by atoms with E-state index in [-0.39, 0.29) is 18.0 Å². The second kappa shape index (κ2) is 6.87. The van der Waals surface area contributed by atoms with E-state index in [9.17, 15) is 9.90 Å².